The molecule has 1 atom stereocenters. The van der Waals surface area contributed by atoms with Crippen molar-refractivity contribution >= 4 is 11.9 Å². The number of aliphatic carboxylic acids is 1. The number of benzene rings is 1. The molecule has 1 aromatic heterocycles. The first kappa shape index (κ1) is 14.7. The SMILES string of the molecule is Cc1cccc(C(=O)NC(Cc2ccccc2)C(=O)O)n1. The van der Waals surface area contributed by atoms with Gasteiger partial charge in [-0.25, -0.2) is 9.78 Å². The largest absolute Gasteiger partial charge is 0.480 e. The molecule has 0 aliphatic heterocycles. The van der Waals surface area contributed by atoms with E-state index in [9.17, 15) is 14.7 Å². The fourth-order valence-corrected chi connectivity index (χ4v) is 1.95. The van der Waals surface area contributed by atoms with Crippen LogP contribution in [-0.4, -0.2) is 28.0 Å². The zero-order valence-electron chi connectivity index (χ0n) is 11.6. The van der Waals surface area contributed by atoms with E-state index in [2.05, 4.69) is 10.3 Å². The van der Waals surface area contributed by atoms with Crippen molar-refractivity contribution in [3.8, 4) is 0 Å². The van der Waals surface area contributed by atoms with Crippen LogP contribution in [0.4, 0.5) is 0 Å². The van der Waals surface area contributed by atoms with Gasteiger partial charge in [0.2, 0.25) is 0 Å². The van der Waals surface area contributed by atoms with Gasteiger partial charge in [-0.3, -0.25) is 4.79 Å². The van der Waals surface area contributed by atoms with Crippen molar-refractivity contribution in [3.05, 3.63) is 65.5 Å². The maximum absolute atomic E-state index is 12.1. The Balaban J connectivity index is 2.10. The van der Waals surface area contributed by atoms with E-state index in [1.165, 1.54) is 0 Å². The van der Waals surface area contributed by atoms with Gasteiger partial charge in [-0.1, -0.05) is 36.4 Å². The molecule has 0 bridgehead atoms. The number of aryl methyl sites for hydroxylation is 1. The number of amides is 1. The van der Waals surface area contributed by atoms with Gasteiger partial charge in [-0.15, -0.1) is 0 Å². The van der Waals surface area contributed by atoms with Crippen LogP contribution in [-0.2, 0) is 11.2 Å². The predicted octanol–water partition coefficient (Wildman–Crippen LogP) is 1.82. The maximum Gasteiger partial charge on any atom is 0.326 e. The number of carboxylic acids is 1. The monoisotopic (exact) mass is 284 g/mol. The molecule has 2 N–H and O–H groups in total. The molecule has 1 unspecified atom stereocenters. The molecule has 21 heavy (non-hydrogen) atoms. The molecule has 0 aliphatic carbocycles. The standard InChI is InChI=1S/C16H16N2O3/c1-11-6-5-9-13(17-11)15(19)18-14(16(20)21)10-12-7-3-2-4-8-12/h2-9,14H,10H2,1H3,(H,18,19)(H,20,21). The third-order valence-electron chi connectivity index (χ3n) is 3.01. The summed E-state index contributed by atoms with van der Waals surface area (Å²) in [5.74, 6) is -1.55. The normalized spacial score (nSPS) is 11.7. The van der Waals surface area contributed by atoms with Gasteiger partial charge in [0.1, 0.15) is 11.7 Å². The summed E-state index contributed by atoms with van der Waals surface area (Å²) in [5.41, 5.74) is 1.77. The molecule has 5 heteroatoms. The fraction of sp³-hybridized carbons (Fsp3) is 0.188. The van der Waals surface area contributed by atoms with E-state index < -0.39 is 17.9 Å². The third-order valence-corrected chi connectivity index (χ3v) is 3.01. The number of carbonyl (C=O) groups is 2. The Bertz CT molecular complexity index is 641. The second kappa shape index (κ2) is 6.65. The van der Waals surface area contributed by atoms with Crippen molar-refractivity contribution in [1.29, 1.82) is 0 Å². The van der Waals surface area contributed by atoms with Gasteiger partial charge >= 0.3 is 5.97 Å². The number of pyridine rings is 1. The summed E-state index contributed by atoms with van der Waals surface area (Å²) in [5, 5.41) is 11.8. The van der Waals surface area contributed by atoms with Gasteiger partial charge < -0.3 is 10.4 Å². The van der Waals surface area contributed by atoms with E-state index >= 15 is 0 Å². The van der Waals surface area contributed by atoms with Crippen molar-refractivity contribution in [2.75, 3.05) is 0 Å². The van der Waals surface area contributed by atoms with Crippen LogP contribution in [0.25, 0.3) is 0 Å². The number of hydrogen-bond acceptors (Lipinski definition) is 3. The zero-order chi connectivity index (χ0) is 15.2. The number of nitrogens with zero attached hydrogens (tertiary/aromatic N) is 1. The molecule has 0 radical (unpaired) electrons. The summed E-state index contributed by atoms with van der Waals surface area (Å²) in [7, 11) is 0. The Hall–Kier alpha value is -2.69. The zero-order valence-corrected chi connectivity index (χ0v) is 11.6. The van der Waals surface area contributed by atoms with Crippen LogP contribution in [0, 0.1) is 6.92 Å². The van der Waals surface area contributed by atoms with Gasteiger partial charge in [-0.05, 0) is 24.6 Å². The summed E-state index contributed by atoms with van der Waals surface area (Å²) >= 11 is 0. The minimum absolute atomic E-state index is 0.217. The Kier molecular flexibility index (Phi) is 4.66. The van der Waals surface area contributed by atoms with Crippen LogP contribution >= 0.6 is 0 Å². The lowest BCUT2D eigenvalue weighted by Crippen LogP contribution is -2.42. The van der Waals surface area contributed by atoms with E-state index in [0.29, 0.717) is 5.69 Å². The van der Waals surface area contributed by atoms with Crippen molar-refractivity contribution in [3.63, 3.8) is 0 Å². The summed E-state index contributed by atoms with van der Waals surface area (Å²) < 4.78 is 0. The molecular weight excluding hydrogens is 268 g/mol. The minimum Gasteiger partial charge on any atom is -0.480 e. The smallest absolute Gasteiger partial charge is 0.326 e. The number of carbonyl (C=O) groups excluding carboxylic acids is 1. The first-order valence-corrected chi connectivity index (χ1v) is 6.57. The first-order valence-electron chi connectivity index (χ1n) is 6.57. The minimum atomic E-state index is -1.07. The number of nitrogens with one attached hydrogen (secondary N) is 1. The highest BCUT2D eigenvalue weighted by atomic mass is 16.4. The summed E-state index contributed by atoms with van der Waals surface area (Å²) in [6.07, 6.45) is 0.230. The lowest BCUT2D eigenvalue weighted by molar-refractivity contribution is -0.139. The number of rotatable bonds is 5. The molecular formula is C16H16N2O3. The molecule has 0 saturated carbocycles. The van der Waals surface area contributed by atoms with Crippen LogP contribution in [0.3, 0.4) is 0 Å². The van der Waals surface area contributed by atoms with E-state index in [0.717, 1.165) is 5.56 Å². The molecule has 0 spiro atoms. The number of aromatic nitrogens is 1. The Morgan fingerprint density at radius 2 is 1.86 bits per heavy atom. The van der Waals surface area contributed by atoms with E-state index in [1.807, 2.05) is 30.3 Å². The van der Waals surface area contributed by atoms with Crippen LogP contribution in [0.1, 0.15) is 21.7 Å². The molecule has 1 amide bonds. The molecule has 0 fully saturated rings. The van der Waals surface area contributed by atoms with Gasteiger partial charge in [0.25, 0.3) is 5.91 Å². The number of hydrogen-bond donors (Lipinski definition) is 2. The Morgan fingerprint density at radius 1 is 1.14 bits per heavy atom. The van der Waals surface area contributed by atoms with Crippen molar-refractivity contribution in [2.24, 2.45) is 0 Å². The molecule has 0 saturated heterocycles. The van der Waals surface area contributed by atoms with E-state index in [-0.39, 0.29) is 12.1 Å². The first-order chi connectivity index (χ1) is 10.1. The predicted molar refractivity (Wildman–Crippen MR) is 78.0 cm³/mol. The van der Waals surface area contributed by atoms with Gasteiger partial charge in [0.05, 0.1) is 0 Å². The molecule has 0 aliphatic rings. The quantitative estimate of drug-likeness (QED) is 0.877. The van der Waals surface area contributed by atoms with E-state index in [1.54, 1.807) is 25.1 Å². The molecule has 5 nitrogen and oxygen atoms in total. The molecule has 1 aromatic carbocycles. The lowest BCUT2D eigenvalue weighted by atomic mass is 10.1. The van der Waals surface area contributed by atoms with Crippen LogP contribution in [0.5, 0.6) is 0 Å². The highest BCUT2D eigenvalue weighted by Gasteiger charge is 2.21. The molecule has 1 heterocycles. The maximum atomic E-state index is 12.1. The summed E-state index contributed by atoms with van der Waals surface area (Å²) in [6.45, 7) is 1.77. The third kappa shape index (κ3) is 4.14. The average molecular weight is 284 g/mol. The second-order valence-corrected chi connectivity index (χ2v) is 4.72. The van der Waals surface area contributed by atoms with Gasteiger partial charge in [0, 0.05) is 12.1 Å². The summed E-state index contributed by atoms with van der Waals surface area (Å²) in [6, 6.07) is 13.2. The second-order valence-electron chi connectivity index (χ2n) is 4.72. The van der Waals surface area contributed by atoms with Crippen molar-refractivity contribution in [1.82, 2.24) is 10.3 Å². The van der Waals surface area contributed by atoms with Crippen molar-refractivity contribution in [2.45, 2.75) is 19.4 Å². The summed E-state index contributed by atoms with van der Waals surface area (Å²) in [4.78, 5) is 27.5. The topological polar surface area (TPSA) is 79.3 Å². The van der Waals surface area contributed by atoms with Crippen molar-refractivity contribution < 1.29 is 14.7 Å². The highest BCUT2D eigenvalue weighted by molar-refractivity contribution is 5.95. The Labute approximate surface area is 122 Å². The average Bonchev–Trinajstić information content (AvgIpc) is 2.47. The molecule has 108 valence electrons. The molecule has 2 rings (SSSR count). The van der Waals surface area contributed by atoms with Crippen LogP contribution in [0.2, 0.25) is 0 Å². The fourth-order valence-electron chi connectivity index (χ4n) is 1.95. The Morgan fingerprint density at radius 3 is 2.48 bits per heavy atom. The highest BCUT2D eigenvalue weighted by Crippen LogP contribution is 2.05. The van der Waals surface area contributed by atoms with Gasteiger partial charge in [0.15, 0.2) is 0 Å². The lowest BCUT2D eigenvalue weighted by Gasteiger charge is -2.14. The molecule has 2 aromatic rings. The van der Waals surface area contributed by atoms with E-state index in [4.69, 9.17) is 0 Å². The van der Waals surface area contributed by atoms with Crippen LogP contribution in [0.15, 0.2) is 48.5 Å². The van der Waals surface area contributed by atoms with Gasteiger partial charge in [-0.2, -0.15) is 0 Å². The van der Waals surface area contributed by atoms with Crippen LogP contribution < -0.4 is 5.32 Å². The number of carboxylic acid groups (broad SMARTS) is 1.